The van der Waals surface area contributed by atoms with E-state index >= 15 is 0 Å². The zero-order chi connectivity index (χ0) is 21.7. The standard InChI is InChI=1S/C22H19Cl2NO4S/c1-3-28-21-13-16(14-25-20-11-7-10-18(23)15(20)2)12-19(24)22(21)29-30(26,27)17-8-5-4-6-9-17/h4-14H,3H2,1-2H3. The maximum atomic E-state index is 12.6. The third-order valence-corrected chi connectivity index (χ3v) is 6.07. The molecule has 30 heavy (non-hydrogen) atoms. The van der Waals surface area contributed by atoms with E-state index < -0.39 is 10.1 Å². The Hall–Kier alpha value is -2.54. The zero-order valence-electron chi connectivity index (χ0n) is 16.3. The van der Waals surface area contributed by atoms with Crippen molar-refractivity contribution in [3.63, 3.8) is 0 Å². The minimum atomic E-state index is -4.07. The van der Waals surface area contributed by atoms with Crippen LogP contribution in [0.4, 0.5) is 5.69 Å². The van der Waals surface area contributed by atoms with Crippen molar-refractivity contribution in [2.45, 2.75) is 18.7 Å². The lowest BCUT2D eigenvalue weighted by Crippen LogP contribution is -2.11. The van der Waals surface area contributed by atoms with Gasteiger partial charge in [-0.2, -0.15) is 8.42 Å². The summed E-state index contributed by atoms with van der Waals surface area (Å²) in [6.45, 7) is 3.95. The summed E-state index contributed by atoms with van der Waals surface area (Å²) >= 11 is 12.5. The van der Waals surface area contributed by atoms with E-state index in [0.29, 0.717) is 22.9 Å². The van der Waals surface area contributed by atoms with E-state index in [9.17, 15) is 8.42 Å². The quantitative estimate of drug-likeness (QED) is 0.308. The summed E-state index contributed by atoms with van der Waals surface area (Å²) in [5.74, 6) is 0.132. The fourth-order valence-electron chi connectivity index (χ4n) is 2.63. The molecule has 3 aromatic carbocycles. The molecule has 0 saturated carbocycles. The summed E-state index contributed by atoms with van der Waals surface area (Å²) in [6, 6.07) is 16.4. The van der Waals surface area contributed by atoms with Crippen LogP contribution in [-0.4, -0.2) is 21.2 Å². The van der Waals surface area contributed by atoms with Crippen molar-refractivity contribution in [3.05, 3.63) is 81.8 Å². The second-order valence-electron chi connectivity index (χ2n) is 6.26. The lowest BCUT2D eigenvalue weighted by molar-refractivity contribution is 0.327. The fraction of sp³-hybridized carbons (Fsp3) is 0.136. The van der Waals surface area contributed by atoms with Gasteiger partial charge in [0.2, 0.25) is 5.75 Å². The lowest BCUT2D eigenvalue weighted by Gasteiger charge is -2.14. The third-order valence-electron chi connectivity index (χ3n) is 4.15. The molecule has 3 aromatic rings. The van der Waals surface area contributed by atoms with Crippen LogP contribution in [0.1, 0.15) is 18.1 Å². The Morgan fingerprint density at radius 3 is 2.43 bits per heavy atom. The number of hydrogen-bond acceptors (Lipinski definition) is 5. The van der Waals surface area contributed by atoms with E-state index in [1.165, 1.54) is 12.1 Å². The van der Waals surface area contributed by atoms with E-state index in [-0.39, 0.29) is 21.4 Å². The van der Waals surface area contributed by atoms with Gasteiger partial charge in [0.25, 0.3) is 0 Å². The number of hydrogen-bond donors (Lipinski definition) is 0. The first kappa shape index (κ1) is 22.2. The molecule has 0 aromatic heterocycles. The molecule has 0 aliphatic carbocycles. The largest absolute Gasteiger partial charge is 0.490 e. The first-order chi connectivity index (χ1) is 14.3. The molecular weight excluding hydrogens is 445 g/mol. The van der Waals surface area contributed by atoms with Crippen molar-refractivity contribution in [3.8, 4) is 11.5 Å². The molecule has 0 aliphatic rings. The molecule has 0 amide bonds. The number of aliphatic imine (C=N–C) groups is 1. The lowest BCUT2D eigenvalue weighted by atomic mass is 10.2. The van der Waals surface area contributed by atoms with E-state index in [1.54, 1.807) is 49.5 Å². The highest BCUT2D eigenvalue weighted by molar-refractivity contribution is 7.87. The predicted molar refractivity (Wildman–Crippen MR) is 120 cm³/mol. The molecule has 0 N–H and O–H groups in total. The van der Waals surface area contributed by atoms with Crippen LogP contribution >= 0.6 is 23.2 Å². The molecule has 0 radical (unpaired) electrons. The number of rotatable bonds is 7. The first-order valence-electron chi connectivity index (χ1n) is 9.07. The molecule has 8 heteroatoms. The second kappa shape index (κ2) is 9.51. The molecule has 0 fully saturated rings. The van der Waals surface area contributed by atoms with Crippen LogP contribution in [0.25, 0.3) is 0 Å². The Balaban J connectivity index is 1.96. The average Bonchev–Trinajstić information content (AvgIpc) is 2.72. The van der Waals surface area contributed by atoms with E-state index in [4.69, 9.17) is 32.1 Å². The van der Waals surface area contributed by atoms with Crippen LogP contribution in [0, 0.1) is 6.92 Å². The Morgan fingerprint density at radius 2 is 1.73 bits per heavy atom. The van der Waals surface area contributed by atoms with Crippen LogP contribution < -0.4 is 8.92 Å². The van der Waals surface area contributed by atoms with Crippen LogP contribution in [-0.2, 0) is 10.1 Å². The van der Waals surface area contributed by atoms with Gasteiger partial charge in [-0.15, -0.1) is 0 Å². The van der Waals surface area contributed by atoms with Crippen LogP contribution in [0.15, 0.2) is 70.6 Å². The maximum absolute atomic E-state index is 12.6. The zero-order valence-corrected chi connectivity index (χ0v) is 18.6. The molecule has 3 rings (SSSR count). The van der Waals surface area contributed by atoms with Gasteiger partial charge in [-0.3, -0.25) is 4.99 Å². The number of ether oxygens (including phenoxy) is 1. The predicted octanol–water partition coefficient (Wildman–Crippen LogP) is 6.22. The minimum Gasteiger partial charge on any atom is -0.490 e. The monoisotopic (exact) mass is 463 g/mol. The van der Waals surface area contributed by atoms with Gasteiger partial charge < -0.3 is 8.92 Å². The average molecular weight is 464 g/mol. The molecule has 0 bridgehead atoms. The summed E-state index contributed by atoms with van der Waals surface area (Å²) in [7, 11) is -4.07. The second-order valence-corrected chi connectivity index (χ2v) is 8.62. The third kappa shape index (κ3) is 5.14. The summed E-state index contributed by atoms with van der Waals surface area (Å²) in [5.41, 5.74) is 2.18. The van der Waals surface area contributed by atoms with Crippen LogP contribution in [0.5, 0.6) is 11.5 Å². The van der Waals surface area contributed by atoms with Crippen molar-refractivity contribution >= 4 is 45.2 Å². The van der Waals surface area contributed by atoms with Gasteiger partial charge >= 0.3 is 10.1 Å². The molecule has 0 saturated heterocycles. The van der Waals surface area contributed by atoms with Gasteiger partial charge in [0.1, 0.15) is 4.90 Å². The number of benzene rings is 3. The highest BCUT2D eigenvalue weighted by atomic mass is 35.5. The van der Waals surface area contributed by atoms with Gasteiger partial charge in [-0.25, -0.2) is 0 Å². The first-order valence-corrected chi connectivity index (χ1v) is 11.2. The highest BCUT2D eigenvalue weighted by Crippen LogP contribution is 2.38. The summed E-state index contributed by atoms with van der Waals surface area (Å²) in [5, 5.41) is 0.706. The van der Waals surface area contributed by atoms with Crippen molar-refractivity contribution in [2.24, 2.45) is 4.99 Å². The van der Waals surface area contributed by atoms with Crippen molar-refractivity contribution in [1.82, 2.24) is 0 Å². The normalized spacial score (nSPS) is 11.6. The molecule has 5 nitrogen and oxygen atoms in total. The Kier molecular flexibility index (Phi) is 7.02. The molecule has 0 unspecified atom stereocenters. The van der Waals surface area contributed by atoms with Gasteiger partial charge in [0, 0.05) is 11.2 Å². The van der Waals surface area contributed by atoms with Gasteiger partial charge in [0.05, 0.1) is 17.3 Å². The SMILES string of the molecule is CCOc1cc(C=Nc2cccc(Cl)c2C)cc(Cl)c1OS(=O)(=O)c1ccccc1. The molecule has 0 spiro atoms. The van der Waals surface area contributed by atoms with Crippen molar-refractivity contribution in [2.75, 3.05) is 6.61 Å². The summed E-state index contributed by atoms with van der Waals surface area (Å²) in [6.07, 6.45) is 1.60. The molecular formula is C22H19Cl2NO4S. The van der Waals surface area contributed by atoms with Gasteiger partial charge in [-0.05, 0) is 61.4 Å². The van der Waals surface area contributed by atoms with Crippen molar-refractivity contribution < 1.29 is 17.3 Å². The Morgan fingerprint density at radius 1 is 1.00 bits per heavy atom. The number of halogens is 2. The van der Waals surface area contributed by atoms with E-state index in [1.807, 2.05) is 19.1 Å². The van der Waals surface area contributed by atoms with Gasteiger partial charge in [0.15, 0.2) is 5.75 Å². The van der Waals surface area contributed by atoms with Gasteiger partial charge in [-0.1, -0.05) is 47.5 Å². The molecule has 156 valence electrons. The summed E-state index contributed by atoms with van der Waals surface area (Å²) in [4.78, 5) is 4.47. The Bertz CT molecular complexity index is 1180. The topological polar surface area (TPSA) is 65.0 Å². The fourth-order valence-corrected chi connectivity index (χ4v) is 4.08. The highest BCUT2D eigenvalue weighted by Gasteiger charge is 2.22. The van der Waals surface area contributed by atoms with Crippen LogP contribution in [0.3, 0.4) is 0 Å². The molecule has 0 heterocycles. The van der Waals surface area contributed by atoms with E-state index in [2.05, 4.69) is 4.99 Å². The molecule has 0 atom stereocenters. The van der Waals surface area contributed by atoms with Crippen LogP contribution in [0.2, 0.25) is 10.0 Å². The smallest absolute Gasteiger partial charge is 0.339 e. The Labute approximate surface area is 186 Å². The molecule has 0 aliphatic heterocycles. The maximum Gasteiger partial charge on any atom is 0.339 e. The van der Waals surface area contributed by atoms with E-state index in [0.717, 1.165) is 5.56 Å². The number of nitrogens with zero attached hydrogens (tertiary/aromatic N) is 1. The minimum absolute atomic E-state index is 0.0191. The van der Waals surface area contributed by atoms with Crippen molar-refractivity contribution in [1.29, 1.82) is 0 Å². The summed E-state index contributed by atoms with van der Waals surface area (Å²) < 4.78 is 36.1.